The van der Waals surface area contributed by atoms with Crippen LogP contribution in [-0.2, 0) is 10.0 Å². The second-order valence-electron chi connectivity index (χ2n) is 7.94. The van der Waals surface area contributed by atoms with Crippen LogP contribution in [0.15, 0.2) is 41.6 Å². The molecule has 1 aromatic carbocycles. The largest absolute Gasteiger partial charge is 0.494 e. The van der Waals surface area contributed by atoms with Gasteiger partial charge in [-0.1, -0.05) is 0 Å². The monoisotopic (exact) mass is 486 g/mol. The summed E-state index contributed by atoms with van der Waals surface area (Å²) in [5.41, 5.74) is 1.90. The van der Waals surface area contributed by atoms with Crippen LogP contribution in [0.25, 0.3) is 5.82 Å². The average molecular weight is 487 g/mol. The number of aromatic nitrogens is 4. The summed E-state index contributed by atoms with van der Waals surface area (Å²) < 4.78 is 41.3. The minimum Gasteiger partial charge on any atom is -0.494 e. The lowest BCUT2D eigenvalue weighted by Gasteiger charge is -2.34. The van der Waals surface area contributed by atoms with Crippen LogP contribution < -0.4 is 14.4 Å². The van der Waals surface area contributed by atoms with Gasteiger partial charge in [-0.05, 0) is 45.9 Å². The molecule has 2 aromatic heterocycles. The van der Waals surface area contributed by atoms with Gasteiger partial charge in [0.05, 0.1) is 18.9 Å². The minimum absolute atomic E-state index is 0.153. The van der Waals surface area contributed by atoms with Crippen LogP contribution in [0.4, 0.5) is 5.82 Å². The van der Waals surface area contributed by atoms with Crippen molar-refractivity contribution in [3.05, 3.63) is 48.0 Å². The van der Waals surface area contributed by atoms with Gasteiger partial charge in [0.15, 0.2) is 5.82 Å². The summed E-state index contributed by atoms with van der Waals surface area (Å²) in [6.07, 6.45) is 1.51. The van der Waals surface area contributed by atoms with Gasteiger partial charge in [0, 0.05) is 44.0 Å². The number of nitrogens with zero attached hydrogens (tertiary/aromatic N) is 6. The smallest absolute Gasteiger partial charge is 0.246 e. The third kappa shape index (κ3) is 4.85. The molecule has 1 saturated heterocycles. The Morgan fingerprint density at radius 2 is 1.62 bits per heavy atom. The summed E-state index contributed by atoms with van der Waals surface area (Å²) in [4.78, 5) is 11.0. The molecule has 0 aliphatic carbocycles. The molecule has 10 nitrogen and oxygen atoms in total. The van der Waals surface area contributed by atoms with E-state index in [1.54, 1.807) is 22.9 Å². The van der Waals surface area contributed by atoms with E-state index in [4.69, 9.17) is 9.47 Å². The molecule has 0 N–H and O–H groups in total. The van der Waals surface area contributed by atoms with Crippen molar-refractivity contribution >= 4 is 15.8 Å². The van der Waals surface area contributed by atoms with Crippen molar-refractivity contribution in [3.63, 3.8) is 0 Å². The normalized spacial score (nSPS) is 14.9. The summed E-state index contributed by atoms with van der Waals surface area (Å²) in [5.74, 6) is 2.31. The van der Waals surface area contributed by atoms with Gasteiger partial charge in [-0.2, -0.15) is 9.40 Å². The number of hydrogen-bond donors (Lipinski definition) is 0. The summed E-state index contributed by atoms with van der Waals surface area (Å²) in [6.45, 7) is 10.1. The Hall–Kier alpha value is -3.18. The van der Waals surface area contributed by atoms with Crippen LogP contribution in [0.2, 0.25) is 0 Å². The van der Waals surface area contributed by atoms with Gasteiger partial charge in [0.2, 0.25) is 10.0 Å². The van der Waals surface area contributed by atoms with E-state index in [2.05, 4.69) is 20.0 Å². The molecular weight excluding hydrogens is 456 g/mol. The summed E-state index contributed by atoms with van der Waals surface area (Å²) in [7, 11) is -3.73. The van der Waals surface area contributed by atoms with E-state index < -0.39 is 10.0 Å². The third-order valence-electron chi connectivity index (χ3n) is 5.57. The van der Waals surface area contributed by atoms with Crippen LogP contribution in [0, 0.1) is 13.8 Å². The Morgan fingerprint density at radius 3 is 2.26 bits per heavy atom. The highest BCUT2D eigenvalue weighted by Gasteiger charge is 2.31. The quantitative estimate of drug-likeness (QED) is 0.479. The van der Waals surface area contributed by atoms with Crippen molar-refractivity contribution in [1.29, 1.82) is 0 Å². The molecule has 0 spiro atoms. The number of piperazine rings is 1. The van der Waals surface area contributed by atoms with Crippen molar-refractivity contribution in [2.45, 2.75) is 32.6 Å². The first-order valence-electron chi connectivity index (χ1n) is 11.3. The van der Waals surface area contributed by atoms with Gasteiger partial charge in [0.1, 0.15) is 28.5 Å². The van der Waals surface area contributed by atoms with Crippen molar-refractivity contribution in [1.82, 2.24) is 24.1 Å². The van der Waals surface area contributed by atoms with E-state index >= 15 is 0 Å². The van der Waals surface area contributed by atoms with Crippen molar-refractivity contribution in [2.24, 2.45) is 0 Å². The zero-order valence-electron chi connectivity index (χ0n) is 19.9. The maximum absolute atomic E-state index is 13.4. The van der Waals surface area contributed by atoms with Crippen molar-refractivity contribution < 1.29 is 17.9 Å². The molecule has 4 rings (SSSR count). The number of benzene rings is 1. The number of anilines is 1. The van der Waals surface area contributed by atoms with Gasteiger partial charge >= 0.3 is 0 Å². The van der Waals surface area contributed by atoms with Crippen LogP contribution in [0.1, 0.15) is 25.2 Å². The SMILES string of the molecule is CCOc1ccc(S(=O)(=O)N2CCN(c3cc(-n4nc(C)cc4C)ncn3)CC2)c(OCC)c1. The third-order valence-corrected chi connectivity index (χ3v) is 7.51. The Balaban J connectivity index is 1.51. The molecule has 3 heterocycles. The molecular formula is C23H30N6O4S. The van der Waals surface area contributed by atoms with E-state index in [9.17, 15) is 8.42 Å². The van der Waals surface area contributed by atoms with Gasteiger partial charge in [-0.15, -0.1) is 0 Å². The van der Waals surface area contributed by atoms with Crippen LogP contribution in [0.3, 0.4) is 0 Å². The second kappa shape index (κ2) is 9.98. The fraction of sp³-hybridized carbons (Fsp3) is 0.435. The zero-order chi connectivity index (χ0) is 24.3. The van der Waals surface area contributed by atoms with Gasteiger partial charge in [-0.3, -0.25) is 0 Å². The molecule has 3 aromatic rings. The molecule has 0 bridgehead atoms. The lowest BCUT2D eigenvalue weighted by Crippen LogP contribution is -2.49. The maximum Gasteiger partial charge on any atom is 0.246 e. The number of hydrogen-bond acceptors (Lipinski definition) is 8. The number of aryl methyl sites for hydroxylation is 2. The fourth-order valence-corrected chi connectivity index (χ4v) is 5.54. The standard InChI is InChI=1S/C23H30N6O4S/c1-5-32-19-7-8-21(20(14-19)33-6-2)34(30,31)28-11-9-27(10-12-28)22-15-23(25-16-24-22)29-18(4)13-17(3)26-29/h7-8,13-16H,5-6,9-12H2,1-4H3. The van der Waals surface area contributed by atoms with E-state index in [1.807, 2.05) is 39.8 Å². The molecule has 1 aliphatic heterocycles. The minimum atomic E-state index is -3.73. The Labute approximate surface area is 200 Å². The Kier molecular flexibility index (Phi) is 7.03. The molecule has 1 fully saturated rings. The highest BCUT2D eigenvalue weighted by atomic mass is 32.2. The first-order valence-corrected chi connectivity index (χ1v) is 12.8. The first-order chi connectivity index (χ1) is 16.3. The predicted molar refractivity (Wildman–Crippen MR) is 128 cm³/mol. The van der Waals surface area contributed by atoms with Crippen molar-refractivity contribution in [3.8, 4) is 17.3 Å². The molecule has 34 heavy (non-hydrogen) atoms. The molecule has 0 amide bonds. The van der Waals surface area contributed by atoms with Crippen LogP contribution in [0.5, 0.6) is 11.5 Å². The average Bonchev–Trinajstić information content (AvgIpc) is 3.17. The number of sulfonamides is 1. The Bertz CT molecular complexity index is 1250. The maximum atomic E-state index is 13.4. The summed E-state index contributed by atoms with van der Waals surface area (Å²) >= 11 is 0. The Morgan fingerprint density at radius 1 is 0.912 bits per heavy atom. The first kappa shape index (κ1) is 24.0. The lowest BCUT2D eigenvalue weighted by atomic mass is 10.3. The topological polar surface area (TPSA) is 103 Å². The summed E-state index contributed by atoms with van der Waals surface area (Å²) in [5, 5.41) is 4.49. The van der Waals surface area contributed by atoms with Gasteiger partial charge < -0.3 is 14.4 Å². The van der Waals surface area contributed by atoms with E-state index in [0.29, 0.717) is 56.7 Å². The predicted octanol–water partition coefficient (Wildman–Crippen LogP) is 2.59. The van der Waals surface area contributed by atoms with E-state index in [1.165, 1.54) is 10.6 Å². The fourth-order valence-electron chi connectivity index (χ4n) is 4.01. The van der Waals surface area contributed by atoms with Crippen molar-refractivity contribution in [2.75, 3.05) is 44.3 Å². The number of ether oxygens (including phenoxy) is 2. The van der Waals surface area contributed by atoms with E-state index in [-0.39, 0.29) is 4.90 Å². The molecule has 182 valence electrons. The molecule has 0 saturated carbocycles. The highest BCUT2D eigenvalue weighted by molar-refractivity contribution is 7.89. The van der Waals surface area contributed by atoms with E-state index in [0.717, 1.165) is 17.2 Å². The second-order valence-corrected chi connectivity index (χ2v) is 9.85. The van der Waals surface area contributed by atoms with Gasteiger partial charge in [0.25, 0.3) is 0 Å². The van der Waals surface area contributed by atoms with Crippen LogP contribution in [-0.4, -0.2) is 71.9 Å². The van der Waals surface area contributed by atoms with Gasteiger partial charge in [-0.25, -0.2) is 23.1 Å². The highest BCUT2D eigenvalue weighted by Crippen LogP contribution is 2.32. The van der Waals surface area contributed by atoms with Crippen LogP contribution >= 0.6 is 0 Å². The molecule has 0 radical (unpaired) electrons. The molecule has 1 aliphatic rings. The zero-order valence-corrected chi connectivity index (χ0v) is 20.7. The molecule has 11 heteroatoms. The summed E-state index contributed by atoms with van der Waals surface area (Å²) in [6, 6.07) is 8.73. The number of rotatable bonds is 8. The molecule has 0 atom stereocenters. The molecule has 0 unspecified atom stereocenters. The lowest BCUT2D eigenvalue weighted by molar-refractivity contribution is 0.314.